The highest BCUT2D eigenvalue weighted by Gasteiger charge is 2.26. The molecular weight excluding hydrogens is 204 g/mol. The highest BCUT2D eigenvalue weighted by atomic mass is 16.3. The van der Waals surface area contributed by atoms with Crippen LogP contribution in [0, 0.1) is 0 Å². The second kappa shape index (κ2) is 5.64. The molecule has 0 bridgehead atoms. The molecule has 4 nitrogen and oxygen atoms in total. The highest BCUT2D eigenvalue weighted by molar-refractivity contribution is 5.76. The third kappa shape index (κ3) is 3.46. The minimum Gasteiger partial charge on any atom is -0.395 e. The van der Waals surface area contributed by atoms with Gasteiger partial charge in [-0.25, -0.2) is 0 Å². The standard InChI is InChI=1S/C12H22N2O2/c15-9-8-14(11-2-1-3-11)7-6-12(16)13-10-4-5-10/h10-11,15H,1-9H2,(H,13,16). The van der Waals surface area contributed by atoms with Crippen molar-refractivity contribution in [1.29, 1.82) is 0 Å². The lowest BCUT2D eigenvalue weighted by atomic mass is 9.91. The molecule has 2 N–H and O–H groups in total. The van der Waals surface area contributed by atoms with E-state index in [4.69, 9.17) is 5.11 Å². The molecule has 0 spiro atoms. The van der Waals surface area contributed by atoms with Crippen molar-refractivity contribution >= 4 is 5.91 Å². The summed E-state index contributed by atoms with van der Waals surface area (Å²) >= 11 is 0. The van der Waals surface area contributed by atoms with Crippen molar-refractivity contribution in [2.45, 2.75) is 50.6 Å². The van der Waals surface area contributed by atoms with Crippen LogP contribution in [0.5, 0.6) is 0 Å². The largest absolute Gasteiger partial charge is 0.395 e. The number of hydrogen-bond acceptors (Lipinski definition) is 3. The van der Waals surface area contributed by atoms with Crippen LogP contribution in [-0.2, 0) is 4.79 Å². The molecule has 0 aromatic carbocycles. The fourth-order valence-electron chi connectivity index (χ4n) is 2.13. The predicted octanol–water partition coefficient (Wildman–Crippen LogP) is 0.502. The van der Waals surface area contributed by atoms with E-state index < -0.39 is 0 Å². The Morgan fingerprint density at radius 1 is 1.25 bits per heavy atom. The molecule has 16 heavy (non-hydrogen) atoms. The molecule has 2 rings (SSSR count). The van der Waals surface area contributed by atoms with Gasteiger partial charge in [0.15, 0.2) is 0 Å². The van der Waals surface area contributed by atoms with Gasteiger partial charge in [0.25, 0.3) is 0 Å². The monoisotopic (exact) mass is 226 g/mol. The van der Waals surface area contributed by atoms with E-state index in [0.29, 0.717) is 25.0 Å². The molecule has 0 unspecified atom stereocenters. The maximum atomic E-state index is 11.5. The fraction of sp³-hybridized carbons (Fsp3) is 0.917. The van der Waals surface area contributed by atoms with Crippen molar-refractivity contribution in [3.8, 4) is 0 Å². The van der Waals surface area contributed by atoms with Gasteiger partial charge in [-0.15, -0.1) is 0 Å². The van der Waals surface area contributed by atoms with E-state index in [0.717, 1.165) is 19.4 Å². The number of amides is 1. The summed E-state index contributed by atoms with van der Waals surface area (Å²) in [7, 11) is 0. The van der Waals surface area contributed by atoms with Crippen molar-refractivity contribution in [2.24, 2.45) is 0 Å². The first-order chi connectivity index (χ1) is 7.79. The zero-order valence-corrected chi connectivity index (χ0v) is 9.82. The smallest absolute Gasteiger partial charge is 0.221 e. The van der Waals surface area contributed by atoms with Crippen LogP contribution in [0.25, 0.3) is 0 Å². The molecule has 0 saturated heterocycles. The molecule has 2 fully saturated rings. The van der Waals surface area contributed by atoms with Crippen LogP contribution in [-0.4, -0.2) is 47.7 Å². The molecule has 4 heteroatoms. The Bertz CT molecular complexity index is 237. The van der Waals surface area contributed by atoms with Crippen molar-refractivity contribution < 1.29 is 9.90 Å². The molecule has 2 aliphatic rings. The number of nitrogens with one attached hydrogen (secondary N) is 1. The summed E-state index contributed by atoms with van der Waals surface area (Å²) in [5.74, 6) is 0.171. The average molecular weight is 226 g/mol. The normalized spacial score (nSPS) is 20.9. The Morgan fingerprint density at radius 3 is 2.50 bits per heavy atom. The van der Waals surface area contributed by atoms with Gasteiger partial charge in [-0.3, -0.25) is 9.69 Å². The maximum Gasteiger partial charge on any atom is 0.221 e. The van der Waals surface area contributed by atoms with Gasteiger partial charge in [0, 0.05) is 31.6 Å². The molecule has 0 aliphatic heterocycles. The fourth-order valence-corrected chi connectivity index (χ4v) is 2.13. The highest BCUT2D eigenvalue weighted by Crippen LogP contribution is 2.24. The zero-order chi connectivity index (χ0) is 11.4. The summed E-state index contributed by atoms with van der Waals surface area (Å²) in [6.45, 7) is 1.70. The first kappa shape index (κ1) is 11.9. The maximum absolute atomic E-state index is 11.5. The quantitative estimate of drug-likeness (QED) is 0.665. The lowest BCUT2D eigenvalue weighted by molar-refractivity contribution is -0.121. The predicted molar refractivity (Wildman–Crippen MR) is 62.1 cm³/mol. The summed E-state index contributed by atoms with van der Waals surface area (Å²) in [5.41, 5.74) is 0. The van der Waals surface area contributed by atoms with Crippen LogP contribution in [0.2, 0.25) is 0 Å². The summed E-state index contributed by atoms with van der Waals surface area (Å²) in [6, 6.07) is 1.07. The molecule has 2 aliphatic carbocycles. The Morgan fingerprint density at radius 2 is 2.00 bits per heavy atom. The third-order valence-corrected chi connectivity index (χ3v) is 3.55. The second-order valence-electron chi connectivity index (χ2n) is 4.94. The second-order valence-corrected chi connectivity index (χ2v) is 4.94. The van der Waals surface area contributed by atoms with Gasteiger partial charge < -0.3 is 10.4 Å². The van der Waals surface area contributed by atoms with Crippen LogP contribution < -0.4 is 5.32 Å². The van der Waals surface area contributed by atoms with Crippen LogP contribution in [0.4, 0.5) is 0 Å². The topological polar surface area (TPSA) is 52.6 Å². The van der Waals surface area contributed by atoms with Crippen molar-refractivity contribution in [2.75, 3.05) is 19.7 Å². The zero-order valence-electron chi connectivity index (χ0n) is 9.82. The van der Waals surface area contributed by atoms with Gasteiger partial charge in [0.05, 0.1) is 6.61 Å². The molecule has 0 aromatic heterocycles. The molecule has 92 valence electrons. The molecule has 0 radical (unpaired) electrons. The van der Waals surface area contributed by atoms with E-state index >= 15 is 0 Å². The summed E-state index contributed by atoms with van der Waals surface area (Å²) in [6.07, 6.45) is 6.62. The van der Waals surface area contributed by atoms with E-state index in [1.807, 2.05) is 0 Å². The van der Waals surface area contributed by atoms with Gasteiger partial charge in [0.1, 0.15) is 0 Å². The molecule has 0 atom stereocenters. The number of aliphatic hydroxyl groups excluding tert-OH is 1. The first-order valence-electron chi connectivity index (χ1n) is 6.44. The average Bonchev–Trinajstić information content (AvgIpc) is 2.95. The van der Waals surface area contributed by atoms with Gasteiger partial charge in [-0.05, 0) is 25.7 Å². The Hall–Kier alpha value is -0.610. The third-order valence-electron chi connectivity index (χ3n) is 3.55. The number of nitrogens with zero attached hydrogens (tertiary/aromatic N) is 1. The Balaban J connectivity index is 1.65. The summed E-state index contributed by atoms with van der Waals surface area (Å²) in [4.78, 5) is 13.8. The number of rotatable bonds is 7. The van der Waals surface area contributed by atoms with E-state index in [1.54, 1.807) is 0 Å². The molecule has 1 amide bonds. The lowest BCUT2D eigenvalue weighted by Gasteiger charge is -2.37. The number of hydrogen-bond donors (Lipinski definition) is 2. The van der Waals surface area contributed by atoms with E-state index in [2.05, 4.69) is 10.2 Å². The molecule has 0 heterocycles. The SMILES string of the molecule is O=C(CCN(CCO)C1CCC1)NC1CC1. The van der Waals surface area contributed by atoms with Crippen LogP contribution >= 0.6 is 0 Å². The van der Waals surface area contributed by atoms with Gasteiger partial charge >= 0.3 is 0 Å². The molecule has 2 saturated carbocycles. The van der Waals surface area contributed by atoms with E-state index in [1.165, 1.54) is 19.3 Å². The van der Waals surface area contributed by atoms with E-state index in [9.17, 15) is 4.79 Å². The van der Waals surface area contributed by atoms with Gasteiger partial charge in [-0.1, -0.05) is 6.42 Å². The minimum atomic E-state index is 0.171. The minimum absolute atomic E-state index is 0.171. The Kier molecular flexibility index (Phi) is 4.18. The van der Waals surface area contributed by atoms with Gasteiger partial charge in [-0.2, -0.15) is 0 Å². The number of carbonyl (C=O) groups is 1. The lowest BCUT2D eigenvalue weighted by Crippen LogP contribution is -2.43. The van der Waals surface area contributed by atoms with Crippen LogP contribution in [0.3, 0.4) is 0 Å². The first-order valence-corrected chi connectivity index (χ1v) is 6.44. The van der Waals surface area contributed by atoms with Crippen molar-refractivity contribution in [1.82, 2.24) is 10.2 Å². The van der Waals surface area contributed by atoms with E-state index in [-0.39, 0.29) is 12.5 Å². The number of carbonyl (C=O) groups excluding carboxylic acids is 1. The summed E-state index contributed by atoms with van der Waals surface area (Å²) in [5, 5.41) is 12.0. The van der Waals surface area contributed by atoms with Gasteiger partial charge in [0.2, 0.25) is 5.91 Å². The summed E-state index contributed by atoms with van der Waals surface area (Å²) < 4.78 is 0. The molecular formula is C12H22N2O2. The van der Waals surface area contributed by atoms with Crippen molar-refractivity contribution in [3.05, 3.63) is 0 Å². The molecule has 0 aromatic rings. The van der Waals surface area contributed by atoms with Crippen LogP contribution in [0.15, 0.2) is 0 Å². The number of aliphatic hydroxyl groups is 1. The van der Waals surface area contributed by atoms with Crippen LogP contribution in [0.1, 0.15) is 38.5 Å². The Labute approximate surface area is 97.0 Å². The van der Waals surface area contributed by atoms with Crippen molar-refractivity contribution in [3.63, 3.8) is 0 Å².